The van der Waals surface area contributed by atoms with Crippen molar-refractivity contribution in [3.63, 3.8) is 0 Å². The molecule has 0 spiro atoms. The van der Waals surface area contributed by atoms with E-state index in [-0.39, 0.29) is 79.3 Å². The van der Waals surface area contributed by atoms with Gasteiger partial charge in [0.05, 0.1) is 50.5 Å². The number of carbonyl (C=O) groups is 6. The summed E-state index contributed by atoms with van der Waals surface area (Å²) in [6, 6.07) is 0. The number of hydrogen-bond acceptors (Lipinski definition) is 15. The van der Waals surface area contributed by atoms with Gasteiger partial charge in [0.15, 0.2) is 0 Å². The van der Waals surface area contributed by atoms with E-state index in [9.17, 15) is 28.8 Å². The number of ether oxygens (including phenoxy) is 9. The summed E-state index contributed by atoms with van der Waals surface area (Å²) in [6.07, 6.45) is 5.62. The van der Waals surface area contributed by atoms with Crippen molar-refractivity contribution >= 4 is 35.8 Å². The van der Waals surface area contributed by atoms with E-state index in [4.69, 9.17) is 42.6 Å². The van der Waals surface area contributed by atoms with Crippen LogP contribution in [-0.2, 0) is 71.4 Å². The molecule has 0 aromatic carbocycles. The quantitative estimate of drug-likeness (QED) is 0.0504. The summed E-state index contributed by atoms with van der Waals surface area (Å²) in [4.78, 5) is 70.3. The largest absolute Gasteiger partial charge is 0.462 e. The molecular weight excluding hydrogens is 624 g/mol. The number of esters is 6. The van der Waals surface area contributed by atoms with Crippen LogP contribution in [0.25, 0.3) is 0 Å². The summed E-state index contributed by atoms with van der Waals surface area (Å²) in [5.41, 5.74) is -2.58. The van der Waals surface area contributed by atoms with E-state index < -0.39 is 46.6 Å². The Morgan fingerprint density at radius 1 is 0.340 bits per heavy atom. The zero-order valence-electron chi connectivity index (χ0n) is 26.3. The molecule has 0 aliphatic rings. The fourth-order valence-electron chi connectivity index (χ4n) is 3.11. The van der Waals surface area contributed by atoms with E-state index >= 15 is 0 Å². The van der Waals surface area contributed by atoms with Gasteiger partial charge in [-0.15, -0.1) is 0 Å². The average molecular weight is 667 g/mol. The van der Waals surface area contributed by atoms with Crippen molar-refractivity contribution in [2.75, 3.05) is 79.3 Å². The first-order chi connectivity index (χ1) is 22.4. The molecule has 260 valence electrons. The molecule has 0 aromatic heterocycles. The second kappa shape index (κ2) is 24.4. The Labute approximate surface area is 273 Å². The van der Waals surface area contributed by atoms with Gasteiger partial charge in [0.25, 0.3) is 0 Å². The van der Waals surface area contributed by atoms with Gasteiger partial charge >= 0.3 is 35.8 Å². The Bertz CT molecular complexity index is 918. The molecule has 0 unspecified atom stereocenters. The normalized spacial score (nSPS) is 10.7. The van der Waals surface area contributed by atoms with Gasteiger partial charge < -0.3 is 42.6 Å². The van der Waals surface area contributed by atoms with Crippen molar-refractivity contribution in [1.29, 1.82) is 0 Å². The predicted molar refractivity (Wildman–Crippen MR) is 164 cm³/mol. The van der Waals surface area contributed by atoms with Crippen molar-refractivity contribution in [2.45, 2.75) is 0 Å². The number of carbonyl (C=O) groups excluding carboxylic acids is 6. The Balaban J connectivity index is 5.23. The van der Waals surface area contributed by atoms with Crippen LogP contribution in [0.2, 0.25) is 0 Å². The first-order valence-electron chi connectivity index (χ1n) is 13.9. The van der Waals surface area contributed by atoms with Crippen LogP contribution >= 0.6 is 0 Å². The topological polar surface area (TPSA) is 185 Å². The fourth-order valence-corrected chi connectivity index (χ4v) is 3.11. The maximum Gasteiger partial charge on any atom is 0.330 e. The Morgan fingerprint density at radius 2 is 0.532 bits per heavy atom. The molecule has 0 atom stereocenters. The fraction of sp³-hybridized carbons (Fsp3) is 0.438. The third kappa shape index (κ3) is 19.3. The van der Waals surface area contributed by atoms with Crippen molar-refractivity contribution in [3.8, 4) is 0 Å². The maximum absolute atomic E-state index is 11.7. The minimum atomic E-state index is -1.29. The molecule has 0 saturated heterocycles. The van der Waals surface area contributed by atoms with E-state index in [0.29, 0.717) is 0 Å². The summed E-state index contributed by atoms with van der Waals surface area (Å²) >= 11 is 0. The van der Waals surface area contributed by atoms with Crippen LogP contribution in [0.4, 0.5) is 0 Å². The highest BCUT2D eigenvalue weighted by Crippen LogP contribution is 2.23. The second-order valence-corrected chi connectivity index (χ2v) is 9.59. The van der Waals surface area contributed by atoms with Gasteiger partial charge in [0, 0.05) is 36.5 Å². The summed E-state index contributed by atoms with van der Waals surface area (Å²) in [5.74, 6) is -4.56. The first kappa shape index (κ1) is 42.1. The lowest BCUT2D eigenvalue weighted by molar-refractivity contribution is -0.163. The van der Waals surface area contributed by atoms with Crippen LogP contribution in [0.5, 0.6) is 0 Å². The van der Waals surface area contributed by atoms with Gasteiger partial charge in [-0.25, -0.2) is 28.8 Å². The van der Waals surface area contributed by atoms with Gasteiger partial charge in [0.1, 0.15) is 39.6 Å². The number of rotatable bonds is 28. The molecule has 0 aromatic rings. The molecule has 0 heterocycles. The molecule has 0 saturated carbocycles. The monoisotopic (exact) mass is 666 g/mol. The molecule has 0 bridgehead atoms. The van der Waals surface area contributed by atoms with E-state index in [0.717, 1.165) is 36.5 Å². The third-order valence-corrected chi connectivity index (χ3v) is 5.68. The summed E-state index contributed by atoms with van der Waals surface area (Å²) in [6.45, 7) is 17.6. The van der Waals surface area contributed by atoms with Gasteiger partial charge in [-0.3, -0.25) is 0 Å². The van der Waals surface area contributed by atoms with Crippen LogP contribution in [0.15, 0.2) is 75.9 Å². The van der Waals surface area contributed by atoms with Crippen LogP contribution < -0.4 is 0 Å². The van der Waals surface area contributed by atoms with Crippen LogP contribution in [0, 0.1) is 10.8 Å². The molecule has 0 fully saturated rings. The van der Waals surface area contributed by atoms with Gasteiger partial charge in [-0.2, -0.15) is 0 Å². The molecule has 15 heteroatoms. The average Bonchev–Trinajstić information content (AvgIpc) is 3.10. The van der Waals surface area contributed by atoms with Crippen molar-refractivity contribution < 1.29 is 71.4 Å². The van der Waals surface area contributed by atoms with Crippen LogP contribution in [0.3, 0.4) is 0 Å². The molecule has 15 nitrogen and oxygen atoms in total. The van der Waals surface area contributed by atoms with Crippen LogP contribution in [-0.4, -0.2) is 115 Å². The molecule has 0 aliphatic heterocycles. The van der Waals surface area contributed by atoms with E-state index in [1.807, 2.05) is 0 Å². The highest BCUT2D eigenvalue weighted by Gasteiger charge is 2.37. The Kier molecular flexibility index (Phi) is 21.9. The molecule has 0 amide bonds. The van der Waals surface area contributed by atoms with E-state index in [1.165, 1.54) is 0 Å². The second-order valence-electron chi connectivity index (χ2n) is 9.59. The highest BCUT2D eigenvalue weighted by atomic mass is 16.6. The molecular formula is C32H42O15. The summed E-state index contributed by atoms with van der Waals surface area (Å²) in [5, 5.41) is 0. The van der Waals surface area contributed by atoms with Crippen molar-refractivity contribution in [1.82, 2.24) is 0 Å². The standard InChI is InChI=1S/C32H42O15/c1-7-25(33)42-19-31(20-43-26(34)8-2,21-44-27(35)9-3)17-40-15-13-39-14-16-41-18-32(22-45-28(36)10-4,23-46-29(37)11-5)24-47-30(38)12-6/h7-12H,1-6,13-24H2. The van der Waals surface area contributed by atoms with E-state index in [1.54, 1.807) is 0 Å². The van der Waals surface area contributed by atoms with E-state index in [2.05, 4.69) is 39.5 Å². The van der Waals surface area contributed by atoms with Crippen molar-refractivity contribution in [3.05, 3.63) is 75.9 Å². The van der Waals surface area contributed by atoms with Gasteiger partial charge in [0.2, 0.25) is 0 Å². The molecule has 0 aliphatic carbocycles. The maximum atomic E-state index is 11.7. The minimum absolute atomic E-state index is 0.0123. The Morgan fingerprint density at radius 3 is 0.723 bits per heavy atom. The van der Waals surface area contributed by atoms with Gasteiger partial charge in [-0.1, -0.05) is 39.5 Å². The summed E-state index contributed by atoms with van der Waals surface area (Å²) < 4.78 is 47.6. The van der Waals surface area contributed by atoms with Crippen molar-refractivity contribution in [2.24, 2.45) is 10.8 Å². The van der Waals surface area contributed by atoms with Gasteiger partial charge in [-0.05, 0) is 0 Å². The predicted octanol–water partition coefficient (Wildman–Crippen LogP) is 1.38. The zero-order valence-corrected chi connectivity index (χ0v) is 26.3. The zero-order chi connectivity index (χ0) is 35.6. The third-order valence-electron chi connectivity index (χ3n) is 5.68. The number of hydrogen-bond donors (Lipinski definition) is 0. The molecule has 0 radical (unpaired) electrons. The Hall–Kier alpha value is -4.86. The SMILES string of the molecule is C=CC(=O)OCC(COCCOCCOCC(COC(=O)C=C)(COC(=O)C=C)COC(=O)C=C)(COC(=O)C=C)COC(=O)C=C. The highest BCUT2D eigenvalue weighted by molar-refractivity contribution is 5.83. The first-order valence-corrected chi connectivity index (χ1v) is 13.9. The smallest absolute Gasteiger partial charge is 0.330 e. The molecule has 0 rings (SSSR count). The lowest BCUT2D eigenvalue weighted by Gasteiger charge is -2.31. The minimum Gasteiger partial charge on any atom is -0.462 e. The lowest BCUT2D eigenvalue weighted by atomic mass is 9.92. The lowest BCUT2D eigenvalue weighted by Crippen LogP contribution is -2.43. The summed E-state index contributed by atoms with van der Waals surface area (Å²) in [7, 11) is 0. The molecule has 47 heavy (non-hydrogen) atoms. The molecule has 0 N–H and O–H groups in total. The van der Waals surface area contributed by atoms with Crippen LogP contribution in [0.1, 0.15) is 0 Å².